The molecule has 2 heterocycles. The average Bonchev–Trinajstić information content (AvgIpc) is 3.30. The lowest BCUT2D eigenvalue weighted by Gasteiger charge is -2.18. The number of rotatable bonds is 4. The van der Waals surface area contributed by atoms with Gasteiger partial charge in [0.2, 0.25) is 0 Å². The molecule has 29 heavy (non-hydrogen) atoms. The minimum Gasteiger partial charge on any atom is -0.372 e. The zero-order chi connectivity index (χ0) is 20.5. The third-order valence-electron chi connectivity index (χ3n) is 5.26. The van der Waals surface area contributed by atoms with Gasteiger partial charge in [-0.15, -0.1) is 0 Å². The van der Waals surface area contributed by atoms with Gasteiger partial charge in [-0.05, 0) is 73.0 Å². The maximum Gasteiger partial charge on any atom is 0.293 e. The van der Waals surface area contributed by atoms with Crippen LogP contribution in [0.25, 0.3) is 6.08 Å². The van der Waals surface area contributed by atoms with Crippen molar-refractivity contribution in [1.82, 2.24) is 4.90 Å². The molecular weight excluding hydrogens is 427 g/mol. The Labute approximate surface area is 184 Å². The highest BCUT2D eigenvalue weighted by Gasteiger charge is 2.35. The lowest BCUT2D eigenvalue weighted by molar-refractivity contribution is -0.123. The van der Waals surface area contributed by atoms with Crippen LogP contribution in [-0.4, -0.2) is 29.1 Å². The summed E-state index contributed by atoms with van der Waals surface area (Å²) in [7, 11) is 0. The lowest BCUT2D eigenvalue weighted by atomic mass is 10.1. The summed E-state index contributed by atoms with van der Waals surface area (Å²) in [6.45, 7) is 4.26. The number of hydrogen-bond donors (Lipinski definition) is 0. The van der Waals surface area contributed by atoms with E-state index in [1.807, 2.05) is 13.0 Å². The minimum atomic E-state index is -0.320. The number of aryl methyl sites for hydroxylation is 1. The second-order valence-corrected chi connectivity index (χ2v) is 9.01. The Morgan fingerprint density at radius 3 is 2.41 bits per heavy atom. The van der Waals surface area contributed by atoms with E-state index in [1.165, 1.54) is 23.4 Å². The van der Waals surface area contributed by atoms with E-state index in [-0.39, 0.29) is 17.7 Å². The van der Waals surface area contributed by atoms with E-state index in [0.717, 1.165) is 36.0 Å². The van der Waals surface area contributed by atoms with E-state index in [0.29, 0.717) is 20.5 Å². The van der Waals surface area contributed by atoms with Gasteiger partial charge in [0, 0.05) is 34.4 Å². The Kier molecular flexibility index (Phi) is 5.91. The van der Waals surface area contributed by atoms with Gasteiger partial charge in [-0.3, -0.25) is 14.5 Å². The summed E-state index contributed by atoms with van der Waals surface area (Å²) in [4.78, 5) is 29.3. The molecule has 2 aromatic carbocycles. The number of nitrogens with zero attached hydrogens (tertiary/aromatic N) is 2. The predicted octanol–water partition coefficient (Wildman–Crippen LogP) is 6.14. The van der Waals surface area contributed by atoms with E-state index in [2.05, 4.69) is 17.0 Å². The fourth-order valence-corrected chi connectivity index (χ4v) is 4.96. The van der Waals surface area contributed by atoms with Gasteiger partial charge < -0.3 is 4.90 Å². The predicted molar refractivity (Wildman–Crippen MR) is 121 cm³/mol. The van der Waals surface area contributed by atoms with Crippen molar-refractivity contribution < 1.29 is 9.59 Å². The molecule has 2 fully saturated rings. The molecule has 4 nitrogen and oxygen atoms in total. The molecule has 2 saturated heterocycles. The third-order valence-corrected chi connectivity index (χ3v) is 6.88. The number of thioether (sulfide) groups is 1. The van der Waals surface area contributed by atoms with Crippen molar-refractivity contribution >= 4 is 57.9 Å². The van der Waals surface area contributed by atoms with Crippen molar-refractivity contribution in [3.63, 3.8) is 0 Å². The number of halogens is 2. The fourth-order valence-electron chi connectivity index (χ4n) is 3.61. The molecule has 0 bridgehead atoms. The number of hydrogen-bond acceptors (Lipinski definition) is 4. The molecule has 0 unspecified atom stereocenters. The summed E-state index contributed by atoms with van der Waals surface area (Å²) < 4.78 is 0. The molecule has 2 aliphatic rings. The Balaban J connectivity index is 1.56. The van der Waals surface area contributed by atoms with Crippen LogP contribution in [0.15, 0.2) is 41.3 Å². The first-order chi connectivity index (χ1) is 13.9. The van der Waals surface area contributed by atoms with Gasteiger partial charge in [-0.25, -0.2) is 0 Å². The highest BCUT2D eigenvalue weighted by atomic mass is 35.5. The number of amides is 2. The molecular formula is C22H20Cl2N2O2S. The van der Waals surface area contributed by atoms with Crippen LogP contribution in [0.2, 0.25) is 10.0 Å². The van der Waals surface area contributed by atoms with E-state index in [4.69, 9.17) is 23.2 Å². The van der Waals surface area contributed by atoms with Crippen molar-refractivity contribution in [2.24, 2.45) is 0 Å². The van der Waals surface area contributed by atoms with Crippen LogP contribution in [0.5, 0.6) is 0 Å². The van der Waals surface area contributed by atoms with Crippen LogP contribution < -0.4 is 4.90 Å². The monoisotopic (exact) mass is 446 g/mol. The highest BCUT2D eigenvalue weighted by molar-refractivity contribution is 8.18. The van der Waals surface area contributed by atoms with Crippen LogP contribution in [0, 0.1) is 6.92 Å². The molecule has 0 atom stereocenters. The normalized spacial score (nSPS) is 18.4. The molecule has 0 aliphatic carbocycles. The van der Waals surface area contributed by atoms with Gasteiger partial charge in [0.05, 0.1) is 11.4 Å². The largest absolute Gasteiger partial charge is 0.372 e. The molecule has 0 saturated carbocycles. The third kappa shape index (κ3) is 4.18. The second kappa shape index (κ2) is 8.42. The van der Waals surface area contributed by atoms with Gasteiger partial charge in [0.1, 0.15) is 0 Å². The zero-order valence-electron chi connectivity index (χ0n) is 16.0. The van der Waals surface area contributed by atoms with Gasteiger partial charge in [0.15, 0.2) is 0 Å². The molecule has 0 spiro atoms. The average molecular weight is 447 g/mol. The molecule has 0 radical (unpaired) electrons. The smallest absolute Gasteiger partial charge is 0.293 e. The molecule has 0 aromatic heterocycles. The van der Waals surface area contributed by atoms with Crippen molar-refractivity contribution in [3.05, 3.63) is 68.0 Å². The Morgan fingerprint density at radius 2 is 1.76 bits per heavy atom. The Bertz CT molecular complexity index is 996. The van der Waals surface area contributed by atoms with Crippen molar-refractivity contribution in [2.45, 2.75) is 26.3 Å². The SMILES string of the molecule is Cc1cc(N2CCCC2)ccc1/C=C1/SC(=O)N(Cc2c(Cl)cccc2Cl)C1=O. The number of benzene rings is 2. The summed E-state index contributed by atoms with van der Waals surface area (Å²) in [6, 6.07) is 11.4. The van der Waals surface area contributed by atoms with Crippen LogP contribution in [0.1, 0.15) is 29.5 Å². The van der Waals surface area contributed by atoms with Crippen LogP contribution in [0.3, 0.4) is 0 Å². The molecule has 2 aromatic rings. The Hall–Kier alpha value is -1.95. The first-order valence-electron chi connectivity index (χ1n) is 9.48. The number of carbonyl (C=O) groups is 2. The first-order valence-corrected chi connectivity index (χ1v) is 11.0. The summed E-state index contributed by atoms with van der Waals surface area (Å²) in [5.74, 6) is -0.320. The van der Waals surface area contributed by atoms with E-state index >= 15 is 0 Å². The molecule has 0 N–H and O–H groups in total. The molecule has 2 amide bonds. The second-order valence-electron chi connectivity index (χ2n) is 7.20. The zero-order valence-corrected chi connectivity index (χ0v) is 18.3. The Morgan fingerprint density at radius 1 is 1.07 bits per heavy atom. The summed E-state index contributed by atoms with van der Waals surface area (Å²) >= 11 is 13.3. The lowest BCUT2D eigenvalue weighted by Crippen LogP contribution is -2.27. The topological polar surface area (TPSA) is 40.6 Å². The number of imide groups is 1. The maximum absolute atomic E-state index is 12.9. The fraction of sp³-hybridized carbons (Fsp3) is 0.273. The molecule has 7 heteroatoms. The molecule has 4 rings (SSSR count). The van der Waals surface area contributed by atoms with Crippen LogP contribution in [-0.2, 0) is 11.3 Å². The maximum atomic E-state index is 12.9. The summed E-state index contributed by atoms with van der Waals surface area (Å²) in [6.07, 6.45) is 4.25. The number of carbonyl (C=O) groups excluding carboxylic acids is 2. The summed E-state index contributed by atoms with van der Waals surface area (Å²) in [5, 5.41) is 0.561. The minimum absolute atomic E-state index is 0.0629. The quantitative estimate of drug-likeness (QED) is 0.528. The molecule has 2 aliphatic heterocycles. The van der Waals surface area contributed by atoms with Gasteiger partial charge >= 0.3 is 0 Å². The standard InChI is InChI=1S/C22H20Cl2N2O2S/c1-14-11-16(25-9-2-3-10-25)8-7-15(14)12-20-21(27)26(22(28)29-20)13-17-18(23)5-4-6-19(17)24/h4-8,11-12H,2-3,9-10,13H2,1H3/b20-12+. The van der Waals surface area contributed by atoms with Crippen molar-refractivity contribution in [1.29, 1.82) is 0 Å². The van der Waals surface area contributed by atoms with Gasteiger partial charge in [-0.2, -0.15) is 0 Å². The van der Waals surface area contributed by atoms with Crippen molar-refractivity contribution in [2.75, 3.05) is 18.0 Å². The van der Waals surface area contributed by atoms with Crippen molar-refractivity contribution in [3.8, 4) is 0 Å². The summed E-state index contributed by atoms with van der Waals surface area (Å²) in [5.41, 5.74) is 3.80. The highest BCUT2D eigenvalue weighted by Crippen LogP contribution is 2.36. The van der Waals surface area contributed by atoms with E-state index in [1.54, 1.807) is 24.3 Å². The van der Waals surface area contributed by atoms with Crippen LogP contribution in [0.4, 0.5) is 10.5 Å². The van der Waals surface area contributed by atoms with Gasteiger partial charge in [0.25, 0.3) is 11.1 Å². The van der Waals surface area contributed by atoms with E-state index in [9.17, 15) is 9.59 Å². The van der Waals surface area contributed by atoms with Gasteiger partial charge in [-0.1, -0.05) is 35.3 Å². The first kappa shape index (κ1) is 20.3. The molecule has 150 valence electrons. The number of anilines is 1. The van der Waals surface area contributed by atoms with E-state index < -0.39 is 0 Å². The van der Waals surface area contributed by atoms with Crippen LogP contribution >= 0.6 is 35.0 Å².